The predicted octanol–water partition coefficient (Wildman–Crippen LogP) is 4.76. The second-order valence-electron chi connectivity index (χ2n) is 8.46. The summed E-state index contributed by atoms with van der Waals surface area (Å²) in [5, 5.41) is 15.4. The van der Waals surface area contributed by atoms with Gasteiger partial charge in [-0.05, 0) is 42.2 Å². The minimum Gasteiger partial charge on any atom is -0.620 e. The molecule has 5 rings (SSSR count). The van der Waals surface area contributed by atoms with Gasteiger partial charge in [-0.25, -0.2) is 0 Å². The largest absolute Gasteiger partial charge is 0.620 e. The highest BCUT2D eigenvalue weighted by molar-refractivity contribution is 8.13. The maximum Gasteiger partial charge on any atom is 0.379 e. The van der Waals surface area contributed by atoms with Gasteiger partial charge in [-0.1, -0.05) is 73.3 Å². The Hall–Kier alpha value is -3.29. The van der Waals surface area contributed by atoms with E-state index < -0.39 is 5.79 Å². The van der Waals surface area contributed by atoms with Crippen molar-refractivity contribution in [1.82, 2.24) is 4.90 Å². The molecule has 0 radical (unpaired) electrons. The van der Waals surface area contributed by atoms with Crippen LogP contribution in [-0.2, 0) is 10.5 Å². The van der Waals surface area contributed by atoms with Crippen LogP contribution in [0.25, 0.3) is 0 Å². The van der Waals surface area contributed by atoms with Crippen LogP contribution in [0.15, 0.2) is 96.0 Å². The third-order valence-corrected chi connectivity index (χ3v) is 7.25. The highest BCUT2D eigenvalue weighted by Gasteiger charge is 2.55. The molecule has 2 aliphatic heterocycles. The topological polar surface area (TPSA) is 54.1 Å². The molecule has 0 N–H and O–H groups in total. The van der Waals surface area contributed by atoms with Gasteiger partial charge in [0.05, 0.1) is 18.8 Å². The number of amidine groups is 1. The molecule has 0 aromatic heterocycles. The Morgan fingerprint density at radius 3 is 2.17 bits per heavy atom. The van der Waals surface area contributed by atoms with Gasteiger partial charge in [0, 0.05) is 24.3 Å². The van der Waals surface area contributed by atoms with Crippen molar-refractivity contribution in [2.24, 2.45) is 4.99 Å². The summed E-state index contributed by atoms with van der Waals surface area (Å²) in [6.07, 6.45) is 0. The Kier molecular flexibility index (Phi) is 7.06. The van der Waals surface area contributed by atoms with E-state index in [-0.39, 0.29) is 0 Å². The fourth-order valence-corrected chi connectivity index (χ4v) is 5.47. The molecule has 6 nitrogen and oxygen atoms in total. The number of hydroxylamine groups is 1. The zero-order valence-corrected chi connectivity index (χ0v) is 20.7. The Labute approximate surface area is 211 Å². The lowest BCUT2D eigenvalue weighted by molar-refractivity contribution is -0.547. The maximum absolute atomic E-state index is 14.5. The van der Waals surface area contributed by atoms with Gasteiger partial charge in [0.25, 0.3) is 0 Å². The van der Waals surface area contributed by atoms with E-state index in [1.807, 2.05) is 78.9 Å². The van der Waals surface area contributed by atoms with Crippen LogP contribution in [-0.4, -0.2) is 59.1 Å². The van der Waals surface area contributed by atoms with Crippen LogP contribution >= 0.6 is 11.8 Å². The van der Waals surface area contributed by atoms with Crippen LogP contribution < -0.4 is 4.90 Å². The van der Waals surface area contributed by atoms with Gasteiger partial charge in [0.15, 0.2) is 5.17 Å². The molecule has 0 bridgehead atoms. The fraction of sp³-hybridized carbons (Fsp3) is 0.286. The van der Waals surface area contributed by atoms with Gasteiger partial charge in [0.1, 0.15) is 6.54 Å². The molecular weight excluding hydrogens is 456 g/mol. The van der Waals surface area contributed by atoms with E-state index in [1.54, 1.807) is 11.8 Å². The van der Waals surface area contributed by atoms with Crippen LogP contribution in [0, 0.1) is 5.21 Å². The lowest BCUT2D eigenvalue weighted by Crippen LogP contribution is -2.49. The number of nitrogens with zero attached hydrogens (tertiary/aromatic N) is 4. The molecule has 1 atom stereocenters. The summed E-state index contributed by atoms with van der Waals surface area (Å²) in [4.78, 5) is 9.76. The summed E-state index contributed by atoms with van der Waals surface area (Å²) < 4.78 is 6.73. The van der Waals surface area contributed by atoms with E-state index in [1.165, 1.54) is 0 Å². The van der Waals surface area contributed by atoms with Crippen molar-refractivity contribution in [1.29, 1.82) is 0 Å². The van der Waals surface area contributed by atoms with Gasteiger partial charge in [0.2, 0.25) is 5.71 Å². The molecular formula is C28H30N4O2S. The minimum absolute atomic E-state index is 0.448. The minimum atomic E-state index is -1.27. The highest BCUT2D eigenvalue weighted by atomic mass is 32.2. The molecule has 35 heavy (non-hydrogen) atoms. The Bertz CT molecular complexity index is 1180. The first kappa shape index (κ1) is 23.5. The van der Waals surface area contributed by atoms with Gasteiger partial charge in [-0.15, -0.1) is 0 Å². The summed E-state index contributed by atoms with van der Waals surface area (Å²) in [5.41, 5.74) is 3.40. The van der Waals surface area contributed by atoms with Crippen LogP contribution in [0.5, 0.6) is 0 Å². The lowest BCUT2D eigenvalue weighted by atomic mass is 10.1. The second kappa shape index (κ2) is 10.5. The molecule has 0 saturated carbocycles. The quantitative estimate of drug-likeness (QED) is 0.225. The van der Waals surface area contributed by atoms with Crippen LogP contribution in [0.3, 0.4) is 0 Å². The molecule has 1 unspecified atom stereocenters. The summed E-state index contributed by atoms with van der Waals surface area (Å²) >= 11 is 1.68. The molecule has 3 aromatic carbocycles. The zero-order chi connectivity index (χ0) is 24.1. The molecule has 7 heteroatoms. The van der Waals surface area contributed by atoms with Crippen molar-refractivity contribution in [2.75, 3.05) is 43.5 Å². The number of hydrogen-bond acceptors (Lipinski definition) is 5. The van der Waals surface area contributed by atoms with Crippen molar-refractivity contribution < 1.29 is 9.48 Å². The second-order valence-corrected chi connectivity index (χ2v) is 9.69. The number of aliphatic imine (C=N–C) groups is 1. The third kappa shape index (κ3) is 4.54. The molecule has 0 aliphatic carbocycles. The number of ether oxygens (including phenoxy) is 1. The van der Waals surface area contributed by atoms with Crippen LogP contribution in [0.2, 0.25) is 0 Å². The smallest absolute Gasteiger partial charge is 0.379 e. The molecule has 0 amide bonds. The van der Waals surface area contributed by atoms with E-state index in [2.05, 4.69) is 28.9 Å². The normalized spacial score (nSPS) is 21.0. The van der Waals surface area contributed by atoms with Crippen LogP contribution in [0.1, 0.15) is 18.1 Å². The highest BCUT2D eigenvalue weighted by Crippen LogP contribution is 2.41. The summed E-state index contributed by atoms with van der Waals surface area (Å²) in [7, 11) is 0. The van der Waals surface area contributed by atoms with Crippen LogP contribution in [0.4, 0.5) is 5.69 Å². The SMILES string of the molecule is CCS/C(=N/C1(c2ccccc2)N(c2ccccc2)CC(c2ccccc2)=[N+]1[O-])N1CCOCC1. The van der Waals surface area contributed by atoms with Crippen molar-refractivity contribution >= 4 is 28.3 Å². The standard InChI is InChI=1S/C28H30N4O2S/c1-2-35-27(30-18-20-34-21-19-30)29-28(24-14-8-4-9-15-24)31(25-16-10-5-11-17-25)22-26(32(28)33)23-12-6-3-7-13-23/h3-17H,2,18-22H2,1H3/b29-27+. The summed E-state index contributed by atoms with van der Waals surface area (Å²) in [6.45, 7) is 5.41. The number of para-hydroxylation sites is 1. The molecule has 2 aliphatic rings. The zero-order valence-electron chi connectivity index (χ0n) is 19.9. The van der Waals surface area contributed by atoms with Crippen molar-refractivity contribution in [2.45, 2.75) is 12.7 Å². The molecule has 0 spiro atoms. The molecule has 3 aromatic rings. The van der Waals surface area contributed by atoms with E-state index >= 15 is 0 Å². The summed E-state index contributed by atoms with van der Waals surface area (Å²) in [5.74, 6) is -0.413. The Morgan fingerprint density at radius 1 is 0.943 bits per heavy atom. The molecule has 2 heterocycles. The molecule has 1 fully saturated rings. The van der Waals surface area contributed by atoms with Gasteiger partial charge in [-0.2, -0.15) is 9.73 Å². The average Bonchev–Trinajstić information content (AvgIpc) is 3.23. The van der Waals surface area contributed by atoms with Crippen molar-refractivity contribution in [3.8, 4) is 0 Å². The predicted molar refractivity (Wildman–Crippen MR) is 144 cm³/mol. The molecule has 180 valence electrons. The number of thioether (sulfide) groups is 1. The van der Waals surface area contributed by atoms with E-state index in [0.717, 1.165) is 45.6 Å². The van der Waals surface area contributed by atoms with Gasteiger partial charge >= 0.3 is 5.79 Å². The maximum atomic E-state index is 14.5. The molecule has 1 saturated heterocycles. The first-order chi connectivity index (χ1) is 17.2. The number of rotatable bonds is 5. The Balaban J connectivity index is 1.77. The summed E-state index contributed by atoms with van der Waals surface area (Å²) in [6, 6.07) is 30.0. The fourth-order valence-electron chi connectivity index (χ4n) is 4.66. The number of hydrogen-bond donors (Lipinski definition) is 0. The Morgan fingerprint density at radius 2 is 1.54 bits per heavy atom. The van der Waals surface area contributed by atoms with Crippen molar-refractivity contribution in [3.05, 3.63) is 107 Å². The first-order valence-electron chi connectivity index (χ1n) is 12.1. The average molecular weight is 487 g/mol. The third-order valence-electron chi connectivity index (χ3n) is 6.36. The lowest BCUT2D eigenvalue weighted by Gasteiger charge is -2.36. The van der Waals surface area contributed by atoms with E-state index in [0.29, 0.717) is 25.5 Å². The monoisotopic (exact) mass is 486 g/mol. The van der Waals surface area contributed by atoms with Gasteiger partial charge in [-0.3, -0.25) is 4.90 Å². The number of benzene rings is 3. The first-order valence-corrected chi connectivity index (χ1v) is 13.0. The van der Waals surface area contributed by atoms with E-state index in [9.17, 15) is 5.21 Å². The van der Waals surface area contributed by atoms with Gasteiger partial charge < -0.3 is 14.8 Å². The number of morpholine rings is 1. The van der Waals surface area contributed by atoms with Crippen molar-refractivity contribution in [3.63, 3.8) is 0 Å². The van der Waals surface area contributed by atoms with E-state index in [4.69, 9.17) is 9.73 Å². The number of anilines is 1.